The molecule has 2 aromatic rings. The van der Waals surface area contributed by atoms with Gasteiger partial charge in [0.05, 0.1) is 18.7 Å². The second-order valence-electron chi connectivity index (χ2n) is 7.98. The number of pyridine rings is 1. The molecule has 2 heterocycles. The highest BCUT2D eigenvalue weighted by Gasteiger charge is 2.35. The van der Waals surface area contributed by atoms with Gasteiger partial charge in [-0.25, -0.2) is 9.78 Å². The Hall–Kier alpha value is -2.81. The Balaban J connectivity index is 1.96. The van der Waals surface area contributed by atoms with Crippen LogP contribution in [0.25, 0.3) is 0 Å². The highest BCUT2D eigenvalue weighted by molar-refractivity contribution is 7.87. The number of hydrogen-bond donors (Lipinski definition) is 1. The zero-order chi connectivity index (χ0) is 27.2. The van der Waals surface area contributed by atoms with Crippen LogP contribution in [0.4, 0.5) is 18.0 Å². The van der Waals surface area contributed by atoms with Gasteiger partial charge in [-0.3, -0.25) is 0 Å². The zero-order valence-electron chi connectivity index (χ0n) is 19.7. The van der Waals surface area contributed by atoms with Crippen molar-refractivity contribution in [1.29, 1.82) is 0 Å². The molecule has 0 atom stereocenters. The molecule has 0 saturated carbocycles. The summed E-state index contributed by atoms with van der Waals surface area (Å²) in [7, 11) is -2.90. The van der Waals surface area contributed by atoms with Gasteiger partial charge in [-0.05, 0) is 31.0 Å². The van der Waals surface area contributed by atoms with Crippen LogP contribution in [0.2, 0.25) is 5.02 Å². The predicted octanol–water partition coefficient (Wildman–Crippen LogP) is 4.78. The number of ether oxygens (including phenoxy) is 3. The molecule has 1 amide bonds. The largest absolute Gasteiger partial charge is 0.491 e. The number of amides is 1. The number of halogens is 4. The highest BCUT2D eigenvalue weighted by Crippen LogP contribution is 2.37. The molecular formula is C22H25ClF3N3O7S. The van der Waals surface area contributed by atoms with Gasteiger partial charge in [-0.1, -0.05) is 18.0 Å². The fourth-order valence-corrected chi connectivity index (χ4v) is 5.19. The first-order chi connectivity index (χ1) is 17.4. The van der Waals surface area contributed by atoms with Crippen LogP contribution in [0, 0.1) is 0 Å². The van der Waals surface area contributed by atoms with Gasteiger partial charge in [0, 0.05) is 38.0 Å². The van der Waals surface area contributed by atoms with Crippen LogP contribution in [0.1, 0.15) is 30.4 Å². The van der Waals surface area contributed by atoms with E-state index in [0.29, 0.717) is 25.1 Å². The van der Waals surface area contributed by atoms with Gasteiger partial charge < -0.3 is 19.3 Å². The van der Waals surface area contributed by atoms with E-state index < -0.39 is 45.5 Å². The van der Waals surface area contributed by atoms with Crippen molar-refractivity contribution < 1.29 is 45.7 Å². The van der Waals surface area contributed by atoms with Gasteiger partial charge in [0.15, 0.2) is 0 Å². The van der Waals surface area contributed by atoms with Crippen molar-refractivity contribution in [3.63, 3.8) is 0 Å². The lowest BCUT2D eigenvalue weighted by molar-refractivity contribution is -0.137. The number of benzene rings is 1. The van der Waals surface area contributed by atoms with E-state index in [1.54, 1.807) is 0 Å². The molecule has 3 rings (SSSR count). The summed E-state index contributed by atoms with van der Waals surface area (Å²) in [5, 5.41) is 9.27. The number of hydrogen-bond acceptors (Lipinski definition) is 7. The fourth-order valence-electron chi connectivity index (χ4n) is 3.49. The number of piperidine rings is 1. The van der Waals surface area contributed by atoms with Gasteiger partial charge in [-0.15, -0.1) is 0 Å². The van der Waals surface area contributed by atoms with Crippen LogP contribution < -0.4 is 9.47 Å². The Kier molecular flexibility index (Phi) is 9.45. The molecule has 10 nitrogen and oxygen atoms in total. The molecule has 0 aliphatic carbocycles. The van der Waals surface area contributed by atoms with Gasteiger partial charge in [0.1, 0.15) is 23.1 Å². The second kappa shape index (κ2) is 12.2. The molecule has 15 heteroatoms. The Morgan fingerprint density at radius 2 is 1.89 bits per heavy atom. The number of alkyl halides is 3. The third-order valence-electron chi connectivity index (χ3n) is 5.38. The molecule has 1 aliphatic heterocycles. The maximum atomic E-state index is 13.1. The molecule has 37 heavy (non-hydrogen) atoms. The topological polar surface area (TPSA) is 118 Å². The normalized spacial score (nSPS) is 14.8. The minimum atomic E-state index is -4.68. The molecule has 1 fully saturated rings. The minimum absolute atomic E-state index is 0.0832. The molecule has 0 radical (unpaired) electrons. The first kappa shape index (κ1) is 28.8. The molecule has 1 aliphatic rings. The van der Waals surface area contributed by atoms with Crippen molar-refractivity contribution in [1.82, 2.24) is 13.6 Å². The fraction of sp³-hybridized carbons (Fsp3) is 0.455. The lowest BCUT2D eigenvalue weighted by Gasteiger charge is -2.31. The Bertz CT molecular complexity index is 1210. The van der Waals surface area contributed by atoms with Gasteiger partial charge >= 0.3 is 22.5 Å². The van der Waals surface area contributed by atoms with E-state index in [1.807, 2.05) is 0 Å². The van der Waals surface area contributed by atoms with Crippen LogP contribution >= 0.6 is 11.6 Å². The summed E-state index contributed by atoms with van der Waals surface area (Å²) < 4.78 is 82.6. The van der Waals surface area contributed by atoms with Crippen LogP contribution in [-0.2, 0) is 27.7 Å². The lowest BCUT2D eigenvalue weighted by Crippen LogP contribution is -2.47. The van der Waals surface area contributed by atoms with E-state index in [9.17, 15) is 31.5 Å². The second-order valence-corrected chi connectivity index (χ2v) is 10.2. The summed E-state index contributed by atoms with van der Waals surface area (Å²) >= 11 is 5.97. The van der Waals surface area contributed by atoms with E-state index in [0.717, 1.165) is 10.7 Å². The molecule has 0 spiro atoms. The standard InChI is InChI=1S/C22H25ClF3N3O7S/c1-34-9-10-35-17-6-5-15(14-29(21(30)31)37(32,33)28-7-3-2-4-8-28)19(12-17)36-20-18(23)11-16(13-27-20)22(24,25)26/h5-6,11-13H,2-4,7-10,14H2,1H3,(H,30,31). The van der Waals surface area contributed by atoms with Crippen molar-refractivity contribution in [3.05, 3.63) is 46.6 Å². The number of carbonyl (C=O) groups is 1. The number of methoxy groups -OCH3 is 1. The smallest absolute Gasteiger partial charge is 0.422 e. The maximum absolute atomic E-state index is 13.1. The molecule has 1 aromatic heterocycles. The molecule has 204 valence electrons. The average Bonchev–Trinajstić information content (AvgIpc) is 2.84. The summed E-state index contributed by atoms with van der Waals surface area (Å²) in [5.74, 6) is -0.255. The van der Waals surface area contributed by atoms with Crippen LogP contribution in [0.3, 0.4) is 0 Å². The van der Waals surface area contributed by atoms with E-state index in [-0.39, 0.29) is 47.7 Å². The summed E-state index contributed by atoms with van der Waals surface area (Å²) in [6.45, 7) is 0.143. The number of rotatable bonds is 10. The summed E-state index contributed by atoms with van der Waals surface area (Å²) in [6.07, 6.45) is -3.81. The SMILES string of the molecule is COCCOc1ccc(CN(C(=O)O)S(=O)(=O)N2CCCCC2)c(Oc2ncc(C(F)(F)F)cc2Cl)c1. The summed E-state index contributed by atoms with van der Waals surface area (Å²) in [4.78, 5) is 15.6. The Morgan fingerprint density at radius 3 is 2.49 bits per heavy atom. The van der Waals surface area contributed by atoms with Crippen molar-refractivity contribution in [2.24, 2.45) is 0 Å². The molecule has 1 N–H and O–H groups in total. The molecule has 1 saturated heterocycles. The summed E-state index contributed by atoms with van der Waals surface area (Å²) in [6, 6.07) is 4.81. The highest BCUT2D eigenvalue weighted by atomic mass is 35.5. The van der Waals surface area contributed by atoms with Gasteiger partial charge in [0.25, 0.3) is 0 Å². The Morgan fingerprint density at radius 1 is 1.19 bits per heavy atom. The average molecular weight is 568 g/mol. The van der Waals surface area contributed by atoms with E-state index in [2.05, 4.69) is 4.98 Å². The molecule has 0 unspecified atom stereocenters. The van der Waals surface area contributed by atoms with E-state index >= 15 is 0 Å². The van der Waals surface area contributed by atoms with Gasteiger partial charge in [-0.2, -0.15) is 30.2 Å². The minimum Gasteiger partial charge on any atom is -0.491 e. The first-order valence-electron chi connectivity index (χ1n) is 11.1. The summed E-state index contributed by atoms with van der Waals surface area (Å²) in [5.41, 5.74) is -1.01. The van der Waals surface area contributed by atoms with Crippen molar-refractivity contribution in [2.75, 3.05) is 33.4 Å². The predicted molar refractivity (Wildman–Crippen MR) is 126 cm³/mol. The molecule has 1 aromatic carbocycles. The Labute approximate surface area is 216 Å². The third kappa shape index (κ3) is 7.37. The van der Waals surface area contributed by atoms with E-state index in [4.69, 9.17) is 25.8 Å². The lowest BCUT2D eigenvalue weighted by atomic mass is 10.2. The maximum Gasteiger partial charge on any atom is 0.422 e. The van der Waals surface area contributed by atoms with Crippen molar-refractivity contribution >= 4 is 27.9 Å². The van der Waals surface area contributed by atoms with E-state index in [1.165, 1.54) is 25.3 Å². The third-order valence-corrected chi connectivity index (χ3v) is 7.51. The molecular weight excluding hydrogens is 543 g/mol. The first-order valence-corrected chi connectivity index (χ1v) is 12.9. The van der Waals surface area contributed by atoms with Gasteiger partial charge in [0.2, 0.25) is 5.88 Å². The number of aromatic nitrogens is 1. The van der Waals surface area contributed by atoms with Crippen LogP contribution in [0.15, 0.2) is 30.5 Å². The molecule has 0 bridgehead atoms. The number of nitrogens with zero attached hydrogens (tertiary/aromatic N) is 3. The van der Waals surface area contributed by atoms with Crippen LogP contribution in [-0.4, -0.2) is 66.6 Å². The van der Waals surface area contributed by atoms with Crippen molar-refractivity contribution in [2.45, 2.75) is 32.0 Å². The monoisotopic (exact) mass is 567 g/mol. The van der Waals surface area contributed by atoms with Crippen LogP contribution in [0.5, 0.6) is 17.4 Å². The van der Waals surface area contributed by atoms with Crippen molar-refractivity contribution in [3.8, 4) is 17.4 Å². The quantitative estimate of drug-likeness (QED) is 0.407. The zero-order valence-corrected chi connectivity index (χ0v) is 21.3. The number of carboxylic acid groups (broad SMARTS) is 1.